The van der Waals surface area contributed by atoms with E-state index in [1.165, 1.54) is 6.07 Å². The fraction of sp³-hybridized carbons (Fsp3) is 0.158. The summed E-state index contributed by atoms with van der Waals surface area (Å²) in [6.07, 6.45) is 3.66. The molecule has 0 radical (unpaired) electrons. The molecule has 0 saturated heterocycles. The summed E-state index contributed by atoms with van der Waals surface area (Å²) in [5.41, 5.74) is 2.57. The Bertz CT molecular complexity index is 960. The van der Waals surface area contributed by atoms with Crippen LogP contribution in [0.2, 0.25) is 0 Å². The summed E-state index contributed by atoms with van der Waals surface area (Å²) in [5.74, 6) is 0. The molecule has 0 aliphatic rings. The first-order valence-electron chi connectivity index (χ1n) is 8.08. The molecule has 0 spiro atoms. The summed E-state index contributed by atoms with van der Waals surface area (Å²) in [6, 6.07) is 16.1. The maximum Gasteiger partial charge on any atom is 0.293 e. The molecular weight excluding hydrogens is 330 g/mol. The maximum absolute atomic E-state index is 11.3. The maximum atomic E-state index is 11.3. The average Bonchev–Trinajstić information content (AvgIpc) is 3.11. The van der Waals surface area contributed by atoms with Gasteiger partial charge in [0, 0.05) is 17.8 Å². The summed E-state index contributed by atoms with van der Waals surface area (Å²) in [4.78, 5) is 10.8. The highest BCUT2D eigenvalue weighted by Gasteiger charge is 2.17. The molecule has 0 fully saturated rings. The number of rotatable bonds is 6. The quantitative estimate of drug-likeness (QED) is 0.539. The number of nitriles is 1. The second-order valence-electron chi connectivity index (χ2n) is 5.92. The highest BCUT2D eigenvalue weighted by Crippen LogP contribution is 2.29. The van der Waals surface area contributed by atoms with E-state index in [-0.39, 0.29) is 17.3 Å². The van der Waals surface area contributed by atoms with Gasteiger partial charge < -0.3 is 5.32 Å². The SMILES string of the molecule is CC(Nc1ccc(C#N)cc1[N+](=O)[O-])c1cnn(Cc2ccccc2)c1. The van der Waals surface area contributed by atoms with Crippen molar-refractivity contribution in [1.29, 1.82) is 5.26 Å². The number of aromatic nitrogens is 2. The molecular formula is C19H17N5O2. The van der Waals surface area contributed by atoms with Gasteiger partial charge in [0.05, 0.1) is 35.3 Å². The molecule has 1 unspecified atom stereocenters. The second-order valence-corrected chi connectivity index (χ2v) is 5.92. The lowest BCUT2D eigenvalue weighted by atomic mass is 10.1. The van der Waals surface area contributed by atoms with Crippen LogP contribution in [-0.2, 0) is 6.54 Å². The highest BCUT2D eigenvalue weighted by atomic mass is 16.6. The molecule has 7 heteroatoms. The number of hydrogen-bond donors (Lipinski definition) is 1. The van der Waals surface area contributed by atoms with Crippen LogP contribution in [0.25, 0.3) is 0 Å². The molecule has 130 valence electrons. The Kier molecular flexibility index (Phi) is 4.94. The van der Waals surface area contributed by atoms with Crippen molar-refractivity contribution in [2.45, 2.75) is 19.5 Å². The van der Waals surface area contributed by atoms with Crippen LogP contribution >= 0.6 is 0 Å². The van der Waals surface area contributed by atoms with Gasteiger partial charge in [-0.2, -0.15) is 10.4 Å². The lowest BCUT2D eigenvalue weighted by Crippen LogP contribution is -2.08. The average molecular weight is 347 g/mol. The summed E-state index contributed by atoms with van der Waals surface area (Å²) >= 11 is 0. The molecule has 0 saturated carbocycles. The van der Waals surface area contributed by atoms with Gasteiger partial charge in [-0.05, 0) is 24.6 Å². The molecule has 1 aromatic heterocycles. The van der Waals surface area contributed by atoms with E-state index in [0.717, 1.165) is 11.1 Å². The van der Waals surface area contributed by atoms with Crippen LogP contribution in [0.15, 0.2) is 60.9 Å². The predicted molar refractivity (Wildman–Crippen MR) is 97.6 cm³/mol. The lowest BCUT2D eigenvalue weighted by molar-refractivity contribution is -0.384. The molecule has 7 nitrogen and oxygen atoms in total. The first kappa shape index (κ1) is 17.2. The highest BCUT2D eigenvalue weighted by molar-refractivity contribution is 5.64. The minimum Gasteiger partial charge on any atom is -0.373 e. The molecule has 1 atom stereocenters. The van der Waals surface area contributed by atoms with E-state index in [9.17, 15) is 10.1 Å². The van der Waals surface area contributed by atoms with Gasteiger partial charge in [-0.15, -0.1) is 0 Å². The van der Waals surface area contributed by atoms with Crippen LogP contribution in [0.5, 0.6) is 0 Å². The Morgan fingerprint density at radius 1 is 1.31 bits per heavy atom. The predicted octanol–water partition coefficient (Wildman–Crippen LogP) is 3.88. The molecule has 3 rings (SSSR count). The zero-order valence-electron chi connectivity index (χ0n) is 14.2. The fourth-order valence-corrected chi connectivity index (χ4v) is 2.65. The van der Waals surface area contributed by atoms with Crippen LogP contribution in [-0.4, -0.2) is 14.7 Å². The third-order valence-electron chi connectivity index (χ3n) is 4.04. The Hall–Kier alpha value is -3.66. The van der Waals surface area contributed by atoms with Gasteiger partial charge in [-0.1, -0.05) is 30.3 Å². The smallest absolute Gasteiger partial charge is 0.293 e. The molecule has 0 amide bonds. The number of hydrogen-bond acceptors (Lipinski definition) is 5. The van der Waals surface area contributed by atoms with E-state index in [1.54, 1.807) is 18.3 Å². The van der Waals surface area contributed by atoms with Crippen molar-refractivity contribution in [2.75, 3.05) is 5.32 Å². The van der Waals surface area contributed by atoms with Crippen LogP contribution in [0.3, 0.4) is 0 Å². The van der Waals surface area contributed by atoms with E-state index in [0.29, 0.717) is 12.2 Å². The van der Waals surface area contributed by atoms with Crippen molar-refractivity contribution in [3.8, 4) is 6.07 Å². The van der Waals surface area contributed by atoms with Gasteiger partial charge in [0.2, 0.25) is 0 Å². The van der Waals surface area contributed by atoms with Crippen molar-refractivity contribution >= 4 is 11.4 Å². The molecule has 0 aliphatic heterocycles. The Morgan fingerprint density at radius 2 is 2.08 bits per heavy atom. The zero-order chi connectivity index (χ0) is 18.5. The Morgan fingerprint density at radius 3 is 2.77 bits per heavy atom. The number of nitro benzene ring substituents is 1. The van der Waals surface area contributed by atoms with Gasteiger partial charge in [-0.25, -0.2) is 0 Å². The summed E-state index contributed by atoms with van der Waals surface area (Å²) < 4.78 is 1.83. The van der Waals surface area contributed by atoms with Gasteiger partial charge in [0.25, 0.3) is 5.69 Å². The van der Waals surface area contributed by atoms with E-state index in [1.807, 2.05) is 54.2 Å². The molecule has 3 aromatic rings. The van der Waals surface area contributed by atoms with E-state index < -0.39 is 4.92 Å². The first-order valence-corrected chi connectivity index (χ1v) is 8.08. The number of anilines is 1. The fourth-order valence-electron chi connectivity index (χ4n) is 2.65. The third-order valence-corrected chi connectivity index (χ3v) is 4.04. The Balaban J connectivity index is 1.76. The topological polar surface area (TPSA) is 96.8 Å². The summed E-state index contributed by atoms with van der Waals surface area (Å²) in [6.45, 7) is 2.57. The first-order chi connectivity index (χ1) is 12.6. The second kappa shape index (κ2) is 7.49. The monoisotopic (exact) mass is 347 g/mol. The standard InChI is InChI=1S/C19H17N5O2/c1-14(22-18-8-7-16(10-20)9-19(18)24(25)26)17-11-21-23(13-17)12-15-5-3-2-4-6-15/h2-9,11,13-14,22H,12H2,1H3. The molecule has 1 heterocycles. The summed E-state index contributed by atoms with van der Waals surface area (Å²) in [7, 11) is 0. The van der Waals surface area contributed by atoms with Crippen molar-refractivity contribution < 1.29 is 4.92 Å². The minimum atomic E-state index is -0.491. The third kappa shape index (κ3) is 3.87. The van der Waals surface area contributed by atoms with E-state index in [2.05, 4.69) is 10.4 Å². The molecule has 0 aliphatic carbocycles. The molecule has 1 N–H and O–H groups in total. The summed E-state index contributed by atoms with van der Waals surface area (Å²) in [5, 5.41) is 27.7. The van der Waals surface area contributed by atoms with Crippen molar-refractivity contribution in [2.24, 2.45) is 0 Å². The van der Waals surface area contributed by atoms with E-state index in [4.69, 9.17) is 5.26 Å². The van der Waals surface area contributed by atoms with Crippen LogP contribution in [0.1, 0.15) is 29.7 Å². The molecule has 2 aromatic carbocycles. The van der Waals surface area contributed by atoms with Crippen LogP contribution in [0, 0.1) is 21.4 Å². The van der Waals surface area contributed by atoms with Gasteiger partial charge in [-0.3, -0.25) is 14.8 Å². The largest absolute Gasteiger partial charge is 0.373 e. The molecule has 26 heavy (non-hydrogen) atoms. The normalized spacial score (nSPS) is 11.5. The van der Waals surface area contributed by atoms with Crippen LogP contribution in [0.4, 0.5) is 11.4 Å². The molecule has 0 bridgehead atoms. The van der Waals surface area contributed by atoms with Crippen molar-refractivity contribution in [3.63, 3.8) is 0 Å². The van der Waals surface area contributed by atoms with E-state index >= 15 is 0 Å². The number of benzene rings is 2. The van der Waals surface area contributed by atoms with Crippen LogP contribution < -0.4 is 5.32 Å². The minimum absolute atomic E-state index is 0.118. The number of nitrogens with zero attached hydrogens (tertiary/aromatic N) is 4. The number of nitro groups is 1. The van der Waals surface area contributed by atoms with Crippen molar-refractivity contribution in [3.05, 3.63) is 87.7 Å². The Labute approximate surface area is 150 Å². The van der Waals surface area contributed by atoms with Gasteiger partial charge in [0.1, 0.15) is 5.69 Å². The zero-order valence-corrected chi connectivity index (χ0v) is 14.2. The number of nitrogens with one attached hydrogen (secondary N) is 1. The van der Waals surface area contributed by atoms with Crippen molar-refractivity contribution in [1.82, 2.24) is 9.78 Å². The van der Waals surface area contributed by atoms with Gasteiger partial charge >= 0.3 is 0 Å². The lowest BCUT2D eigenvalue weighted by Gasteiger charge is -2.13. The van der Waals surface area contributed by atoms with Gasteiger partial charge in [0.15, 0.2) is 0 Å².